The van der Waals surface area contributed by atoms with Gasteiger partial charge in [-0.2, -0.15) is 0 Å². The summed E-state index contributed by atoms with van der Waals surface area (Å²) < 4.78 is 5.05. The lowest BCUT2D eigenvalue weighted by atomic mass is 10.2. The summed E-state index contributed by atoms with van der Waals surface area (Å²) in [6.45, 7) is 0.831. The summed E-state index contributed by atoms with van der Waals surface area (Å²) in [5.74, 6) is 0.883. The Kier molecular flexibility index (Phi) is 2.93. The fraction of sp³-hybridized carbons (Fsp3) is 0.333. The number of benzene rings is 1. The number of ether oxygens (including phenoxy) is 1. The van der Waals surface area contributed by atoms with Crippen LogP contribution in [0, 0.1) is 6.07 Å². The van der Waals surface area contributed by atoms with Crippen LogP contribution in [-0.4, -0.2) is 14.2 Å². The molecule has 59 valence electrons. The highest BCUT2D eigenvalue weighted by atomic mass is 16.5. The molecule has 0 aliphatic rings. The van der Waals surface area contributed by atoms with Gasteiger partial charge < -0.3 is 10.1 Å². The number of hydrogen-bond acceptors (Lipinski definition) is 2. The molecular weight excluding hydrogens is 138 g/mol. The van der Waals surface area contributed by atoms with E-state index in [4.69, 9.17) is 4.74 Å². The Morgan fingerprint density at radius 3 is 3.09 bits per heavy atom. The van der Waals surface area contributed by atoms with Crippen LogP contribution in [0.3, 0.4) is 0 Å². The third-order valence-corrected chi connectivity index (χ3v) is 1.44. The first-order valence-corrected chi connectivity index (χ1v) is 3.56. The molecule has 11 heavy (non-hydrogen) atoms. The van der Waals surface area contributed by atoms with E-state index in [0.29, 0.717) is 0 Å². The van der Waals surface area contributed by atoms with Gasteiger partial charge in [0.15, 0.2) is 0 Å². The lowest BCUT2D eigenvalue weighted by Gasteiger charge is -2.02. The van der Waals surface area contributed by atoms with Crippen molar-refractivity contribution in [3.05, 3.63) is 29.8 Å². The molecule has 0 aliphatic heterocycles. The quantitative estimate of drug-likeness (QED) is 0.699. The lowest BCUT2D eigenvalue weighted by molar-refractivity contribution is 0.414. The Hall–Kier alpha value is -1.02. The minimum absolute atomic E-state index is 0.831. The molecule has 1 aromatic carbocycles. The Bertz CT molecular complexity index is 223. The van der Waals surface area contributed by atoms with Gasteiger partial charge in [-0.05, 0) is 30.8 Å². The molecule has 0 bridgehead atoms. The topological polar surface area (TPSA) is 21.3 Å². The normalized spacial score (nSPS) is 9.64. The van der Waals surface area contributed by atoms with E-state index in [0.717, 1.165) is 17.9 Å². The van der Waals surface area contributed by atoms with Crippen molar-refractivity contribution in [1.29, 1.82) is 0 Å². The first kappa shape index (κ1) is 8.08. The zero-order valence-corrected chi connectivity index (χ0v) is 6.85. The van der Waals surface area contributed by atoms with Gasteiger partial charge in [0.2, 0.25) is 0 Å². The van der Waals surface area contributed by atoms with Crippen LogP contribution < -0.4 is 10.1 Å². The van der Waals surface area contributed by atoms with Crippen LogP contribution in [0.1, 0.15) is 5.56 Å². The van der Waals surface area contributed by atoms with Crippen LogP contribution in [0.25, 0.3) is 0 Å². The van der Waals surface area contributed by atoms with Gasteiger partial charge in [0.05, 0.1) is 7.11 Å². The van der Waals surface area contributed by atoms with Crippen LogP contribution in [-0.2, 0) is 6.54 Å². The molecule has 1 radical (unpaired) electrons. The summed E-state index contributed by atoms with van der Waals surface area (Å²) in [6.07, 6.45) is 0. The summed E-state index contributed by atoms with van der Waals surface area (Å²) in [5, 5.41) is 3.05. The van der Waals surface area contributed by atoms with E-state index >= 15 is 0 Å². The summed E-state index contributed by atoms with van der Waals surface area (Å²) in [7, 11) is 3.58. The predicted molar refractivity (Wildman–Crippen MR) is 44.6 cm³/mol. The molecule has 0 atom stereocenters. The van der Waals surface area contributed by atoms with E-state index in [1.807, 2.05) is 25.2 Å². The summed E-state index contributed by atoms with van der Waals surface area (Å²) >= 11 is 0. The van der Waals surface area contributed by atoms with Crippen molar-refractivity contribution in [1.82, 2.24) is 5.32 Å². The molecule has 0 spiro atoms. The number of nitrogens with one attached hydrogen (secondary N) is 1. The van der Waals surface area contributed by atoms with Gasteiger partial charge in [0.25, 0.3) is 0 Å². The van der Waals surface area contributed by atoms with Gasteiger partial charge in [-0.15, -0.1) is 0 Å². The molecule has 0 amide bonds. The second kappa shape index (κ2) is 3.98. The molecular formula is C9H12NO. The van der Waals surface area contributed by atoms with Crippen LogP contribution in [0.4, 0.5) is 0 Å². The molecule has 0 aromatic heterocycles. The zero-order valence-electron chi connectivity index (χ0n) is 6.85. The smallest absolute Gasteiger partial charge is 0.119 e. The average molecular weight is 150 g/mol. The number of hydrogen-bond donors (Lipinski definition) is 1. The largest absolute Gasteiger partial charge is 0.497 e. The molecule has 1 N–H and O–H groups in total. The second-order valence-corrected chi connectivity index (χ2v) is 2.28. The minimum Gasteiger partial charge on any atom is -0.497 e. The Morgan fingerprint density at radius 2 is 2.45 bits per heavy atom. The molecule has 0 saturated heterocycles. The molecule has 0 aliphatic carbocycles. The van der Waals surface area contributed by atoms with Crippen molar-refractivity contribution in [3.63, 3.8) is 0 Å². The Labute approximate surface area is 67.2 Å². The third-order valence-electron chi connectivity index (χ3n) is 1.44. The van der Waals surface area contributed by atoms with Gasteiger partial charge in [-0.3, -0.25) is 0 Å². The molecule has 0 fully saturated rings. The summed E-state index contributed by atoms with van der Waals surface area (Å²) in [5.41, 5.74) is 1.12. The van der Waals surface area contributed by atoms with Crippen molar-refractivity contribution in [3.8, 4) is 5.75 Å². The summed E-state index contributed by atoms with van der Waals surface area (Å²) in [6, 6.07) is 8.82. The molecule has 1 aromatic rings. The van der Waals surface area contributed by atoms with E-state index in [9.17, 15) is 0 Å². The van der Waals surface area contributed by atoms with Crippen LogP contribution in [0.15, 0.2) is 18.2 Å². The van der Waals surface area contributed by atoms with Crippen molar-refractivity contribution in [2.24, 2.45) is 0 Å². The predicted octanol–water partition coefficient (Wildman–Crippen LogP) is 1.21. The van der Waals surface area contributed by atoms with Crippen molar-refractivity contribution >= 4 is 0 Å². The van der Waals surface area contributed by atoms with E-state index < -0.39 is 0 Å². The zero-order chi connectivity index (χ0) is 8.10. The van der Waals surface area contributed by atoms with Crippen LogP contribution >= 0.6 is 0 Å². The first-order chi connectivity index (χ1) is 5.36. The van der Waals surface area contributed by atoms with Crippen molar-refractivity contribution in [2.45, 2.75) is 6.54 Å². The van der Waals surface area contributed by atoms with Gasteiger partial charge in [-0.25, -0.2) is 0 Å². The molecule has 0 saturated carbocycles. The van der Waals surface area contributed by atoms with Gasteiger partial charge >= 0.3 is 0 Å². The molecule has 2 nitrogen and oxygen atoms in total. The third kappa shape index (κ3) is 2.24. The monoisotopic (exact) mass is 150 g/mol. The highest BCUT2D eigenvalue weighted by Crippen LogP contribution is 2.11. The molecule has 0 heterocycles. The average Bonchev–Trinajstić information content (AvgIpc) is 2.06. The van der Waals surface area contributed by atoms with E-state index in [1.165, 1.54) is 0 Å². The van der Waals surface area contributed by atoms with Gasteiger partial charge in [0.1, 0.15) is 5.75 Å². The number of methoxy groups -OCH3 is 1. The van der Waals surface area contributed by atoms with Crippen LogP contribution in [0.5, 0.6) is 5.75 Å². The highest BCUT2D eigenvalue weighted by Gasteiger charge is 1.92. The van der Waals surface area contributed by atoms with Crippen molar-refractivity contribution < 1.29 is 4.74 Å². The standard InChI is InChI=1S/C9H12NO/c1-10-7-8-4-3-5-9(6-8)11-2/h3,5-6,10H,7H2,1-2H3. The fourth-order valence-electron chi connectivity index (χ4n) is 0.912. The van der Waals surface area contributed by atoms with E-state index in [2.05, 4.69) is 11.4 Å². The Morgan fingerprint density at radius 1 is 1.64 bits per heavy atom. The van der Waals surface area contributed by atoms with E-state index in [-0.39, 0.29) is 0 Å². The van der Waals surface area contributed by atoms with Crippen molar-refractivity contribution in [2.75, 3.05) is 14.2 Å². The summed E-state index contributed by atoms with van der Waals surface area (Å²) in [4.78, 5) is 0. The fourth-order valence-corrected chi connectivity index (χ4v) is 0.912. The van der Waals surface area contributed by atoms with E-state index in [1.54, 1.807) is 7.11 Å². The molecule has 2 heteroatoms. The highest BCUT2D eigenvalue weighted by molar-refractivity contribution is 5.27. The maximum atomic E-state index is 5.05. The maximum absolute atomic E-state index is 5.05. The second-order valence-electron chi connectivity index (χ2n) is 2.28. The lowest BCUT2D eigenvalue weighted by Crippen LogP contribution is -2.04. The maximum Gasteiger partial charge on any atom is 0.119 e. The van der Waals surface area contributed by atoms with Gasteiger partial charge in [-0.1, -0.05) is 6.07 Å². The first-order valence-electron chi connectivity index (χ1n) is 3.56. The van der Waals surface area contributed by atoms with Gasteiger partial charge in [0, 0.05) is 6.54 Å². The SMILES string of the molecule is CNCc1[c]ccc(OC)c1. The Balaban J connectivity index is 2.74. The molecule has 1 rings (SSSR count). The number of rotatable bonds is 3. The molecule has 0 unspecified atom stereocenters. The van der Waals surface area contributed by atoms with Crippen LogP contribution in [0.2, 0.25) is 0 Å². The minimum atomic E-state index is 0.831.